The van der Waals surface area contributed by atoms with E-state index in [1.165, 1.54) is 6.07 Å². The van der Waals surface area contributed by atoms with Crippen molar-refractivity contribution in [1.82, 2.24) is 19.2 Å². The lowest BCUT2D eigenvalue weighted by Crippen LogP contribution is -2.20. The molecule has 0 amide bonds. The molecule has 0 atom stereocenters. The van der Waals surface area contributed by atoms with Crippen LogP contribution in [0.4, 0.5) is 0 Å². The first-order valence-corrected chi connectivity index (χ1v) is 8.46. The second-order valence-electron chi connectivity index (χ2n) is 5.91. The van der Waals surface area contributed by atoms with Crippen LogP contribution in [0.15, 0.2) is 65.8 Å². The number of rotatable bonds is 3. The Morgan fingerprint density at radius 2 is 2.00 bits per heavy atom. The maximum atomic E-state index is 12.7. The van der Waals surface area contributed by atoms with Gasteiger partial charge in [-0.3, -0.25) is 14.5 Å². The van der Waals surface area contributed by atoms with Crippen molar-refractivity contribution in [3.63, 3.8) is 0 Å². The summed E-state index contributed by atoms with van der Waals surface area (Å²) in [5.74, 6) is 0. The standard InChI is InChI=1S/C20H15ClN4O/c1-14-13-24(18-6-2-5-16(21)10-18)25-19(26)11-17(23-20(14)25)8-7-15-4-3-9-22-12-15/h2-13H,1H3. The van der Waals surface area contributed by atoms with Crippen LogP contribution in [0.5, 0.6) is 0 Å². The monoisotopic (exact) mass is 362 g/mol. The van der Waals surface area contributed by atoms with E-state index in [-0.39, 0.29) is 5.56 Å². The molecule has 0 saturated heterocycles. The quantitative estimate of drug-likeness (QED) is 0.553. The first-order chi connectivity index (χ1) is 12.6. The van der Waals surface area contributed by atoms with Crippen LogP contribution in [-0.2, 0) is 0 Å². The topological polar surface area (TPSA) is 52.2 Å². The number of benzene rings is 1. The molecule has 1 aromatic carbocycles. The Morgan fingerprint density at radius 3 is 2.77 bits per heavy atom. The Kier molecular flexibility index (Phi) is 4.14. The van der Waals surface area contributed by atoms with E-state index in [0.29, 0.717) is 16.4 Å². The highest BCUT2D eigenvalue weighted by Crippen LogP contribution is 2.18. The minimum atomic E-state index is -0.158. The number of pyridine rings is 1. The van der Waals surface area contributed by atoms with Crippen LogP contribution in [0.2, 0.25) is 5.02 Å². The van der Waals surface area contributed by atoms with Crippen LogP contribution in [0.1, 0.15) is 16.8 Å². The fourth-order valence-corrected chi connectivity index (χ4v) is 2.99. The van der Waals surface area contributed by atoms with Gasteiger partial charge in [-0.15, -0.1) is 0 Å². The molecule has 0 bridgehead atoms. The predicted octanol–water partition coefficient (Wildman–Crippen LogP) is 4.01. The number of aryl methyl sites for hydroxylation is 1. The highest BCUT2D eigenvalue weighted by atomic mass is 35.5. The largest absolute Gasteiger partial charge is 0.273 e. The summed E-state index contributed by atoms with van der Waals surface area (Å²) in [5, 5.41) is 0.610. The molecule has 3 aromatic heterocycles. The van der Waals surface area contributed by atoms with Crippen molar-refractivity contribution in [2.75, 3.05) is 0 Å². The van der Waals surface area contributed by atoms with Crippen molar-refractivity contribution >= 4 is 29.4 Å². The molecule has 0 fully saturated rings. The van der Waals surface area contributed by atoms with Gasteiger partial charge in [-0.2, -0.15) is 4.52 Å². The minimum Gasteiger partial charge on any atom is -0.267 e. The lowest BCUT2D eigenvalue weighted by atomic mass is 10.2. The zero-order chi connectivity index (χ0) is 18.1. The molecule has 0 unspecified atom stereocenters. The summed E-state index contributed by atoms with van der Waals surface area (Å²) in [6.45, 7) is 1.93. The SMILES string of the molecule is Cc1cn(-c2cccc(Cl)c2)n2c(=O)cc(C=Cc3cccnc3)nc12. The summed E-state index contributed by atoms with van der Waals surface area (Å²) in [5.41, 5.74) is 3.71. The van der Waals surface area contributed by atoms with Gasteiger partial charge in [0, 0.05) is 35.2 Å². The molecule has 0 aliphatic carbocycles. The Balaban J connectivity index is 1.83. The van der Waals surface area contributed by atoms with Gasteiger partial charge in [0.05, 0.1) is 11.4 Å². The maximum Gasteiger partial charge on any atom is 0.273 e. The van der Waals surface area contributed by atoms with E-state index in [1.54, 1.807) is 27.7 Å². The van der Waals surface area contributed by atoms with E-state index in [2.05, 4.69) is 9.97 Å². The summed E-state index contributed by atoms with van der Waals surface area (Å²) < 4.78 is 3.31. The van der Waals surface area contributed by atoms with E-state index in [9.17, 15) is 4.79 Å². The van der Waals surface area contributed by atoms with Gasteiger partial charge in [-0.05, 0) is 42.8 Å². The van der Waals surface area contributed by atoms with Crippen LogP contribution < -0.4 is 5.56 Å². The Bertz CT molecular complexity index is 1180. The second kappa shape index (κ2) is 6.61. The van der Waals surface area contributed by atoms with Crippen molar-refractivity contribution in [1.29, 1.82) is 0 Å². The molecule has 0 aliphatic heterocycles. The molecule has 0 radical (unpaired) electrons. The van der Waals surface area contributed by atoms with E-state index in [4.69, 9.17) is 11.6 Å². The third kappa shape index (κ3) is 3.05. The summed E-state index contributed by atoms with van der Waals surface area (Å²) in [6.07, 6.45) is 9.05. The molecule has 128 valence electrons. The molecule has 0 saturated carbocycles. The zero-order valence-electron chi connectivity index (χ0n) is 14.0. The van der Waals surface area contributed by atoms with Crippen molar-refractivity contribution in [3.8, 4) is 5.69 Å². The van der Waals surface area contributed by atoms with Crippen LogP contribution in [0.3, 0.4) is 0 Å². The number of aromatic nitrogens is 4. The van der Waals surface area contributed by atoms with E-state index in [1.807, 2.05) is 55.6 Å². The number of fused-ring (bicyclic) bond motifs is 1. The molecule has 5 nitrogen and oxygen atoms in total. The fourth-order valence-electron chi connectivity index (χ4n) is 2.81. The van der Waals surface area contributed by atoms with Crippen LogP contribution >= 0.6 is 11.6 Å². The fraction of sp³-hybridized carbons (Fsp3) is 0.0500. The average molecular weight is 363 g/mol. The molecule has 4 rings (SSSR count). The normalized spacial score (nSPS) is 11.5. The van der Waals surface area contributed by atoms with Gasteiger partial charge in [-0.25, -0.2) is 4.98 Å². The van der Waals surface area contributed by atoms with Gasteiger partial charge >= 0.3 is 0 Å². The van der Waals surface area contributed by atoms with Crippen molar-refractivity contribution in [2.24, 2.45) is 0 Å². The second-order valence-corrected chi connectivity index (χ2v) is 6.35. The zero-order valence-corrected chi connectivity index (χ0v) is 14.8. The summed E-state index contributed by atoms with van der Waals surface area (Å²) in [4.78, 5) is 21.4. The number of hydrogen-bond acceptors (Lipinski definition) is 3. The van der Waals surface area contributed by atoms with Crippen molar-refractivity contribution < 1.29 is 0 Å². The van der Waals surface area contributed by atoms with Crippen molar-refractivity contribution in [2.45, 2.75) is 6.92 Å². The number of hydrogen-bond donors (Lipinski definition) is 0. The smallest absolute Gasteiger partial charge is 0.267 e. The Morgan fingerprint density at radius 1 is 1.12 bits per heavy atom. The summed E-state index contributed by atoms with van der Waals surface area (Å²) in [6, 6.07) is 12.7. The number of halogens is 1. The molecule has 0 aliphatic rings. The van der Waals surface area contributed by atoms with E-state index in [0.717, 1.165) is 16.8 Å². The van der Waals surface area contributed by atoms with Crippen molar-refractivity contribution in [3.05, 3.63) is 93.3 Å². The lowest BCUT2D eigenvalue weighted by Gasteiger charge is -2.07. The van der Waals surface area contributed by atoms with Gasteiger partial charge in [0.2, 0.25) is 0 Å². The van der Waals surface area contributed by atoms with E-state index < -0.39 is 0 Å². The highest BCUT2D eigenvalue weighted by Gasteiger charge is 2.11. The van der Waals surface area contributed by atoms with Gasteiger partial charge < -0.3 is 0 Å². The molecular formula is C20H15ClN4O. The number of nitrogens with zero attached hydrogens (tertiary/aromatic N) is 4. The Hall–Kier alpha value is -3.18. The summed E-state index contributed by atoms with van der Waals surface area (Å²) in [7, 11) is 0. The highest BCUT2D eigenvalue weighted by molar-refractivity contribution is 6.30. The molecule has 0 N–H and O–H groups in total. The van der Waals surface area contributed by atoms with E-state index >= 15 is 0 Å². The molecule has 0 spiro atoms. The molecular weight excluding hydrogens is 348 g/mol. The minimum absolute atomic E-state index is 0.158. The molecule has 3 heterocycles. The van der Waals surface area contributed by atoms with Gasteiger partial charge in [0.1, 0.15) is 0 Å². The van der Waals surface area contributed by atoms with Gasteiger partial charge in [0.15, 0.2) is 5.65 Å². The van der Waals surface area contributed by atoms with Crippen LogP contribution in [0, 0.1) is 6.92 Å². The molecule has 4 aromatic rings. The Labute approximate surface area is 154 Å². The lowest BCUT2D eigenvalue weighted by molar-refractivity contribution is 0.763. The molecule has 26 heavy (non-hydrogen) atoms. The third-order valence-corrected chi connectivity index (χ3v) is 4.24. The maximum absolute atomic E-state index is 12.7. The first-order valence-electron chi connectivity index (χ1n) is 8.08. The van der Waals surface area contributed by atoms with Gasteiger partial charge in [-0.1, -0.05) is 29.8 Å². The third-order valence-electron chi connectivity index (χ3n) is 4.00. The van der Waals surface area contributed by atoms with Crippen LogP contribution in [-0.4, -0.2) is 19.2 Å². The molecule has 6 heteroatoms. The first kappa shape index (κ1) is 16.3. The van der Waals surface area contributed by atoms with Crippen LogP contribution in [0.25, 0.3) is 23.5 Å². The summed E-state index contributed by atoms with van der Waals surface area (Å²) >= 11 is 6.09. The average Bonchev–Trinajstić information content (AvgIpc) is 2.98. The van der Waals surface area contributed by atoms with Gasteiger partial charge in [0.25, 0.3) is 5.56 Å². The predicted molar refractivity (Wildman–Crippen MR) is 104 cm³/mol.